The van der Waals surface area contributed by atoms with E-state index in [0.717, 1.165) is 13.1 Å². The predicted octanol–water partition coefficient (Wildman–Crippen LogP) is 1.74. The van der Waals surface area contributed by atoms with Gasteiger partial charge in [0.15, 0.2) is 0 Å². The lowest BCUT2D eigenvalue weighted by Crippen LogP contribution is -2.38. The molecule has 0 N–H and O–H groups in total. The lowest BCUT2D eigenvalue weighted by molar-refractivity contribution is -0.133. The van der Waals surface area contributed by atoms with Crippen molar-refractivity contribution >= 4 is 5.91 Å². The van der Waals surface area contributed by atoms with E-state index >= 15 is 0 Å². The van der Waals surface area contributed by atoms with Crippen LogP contribution in [-0.2, 0) is 4.79 Å². The highest BCUT2D eigenvalue weighted by atomic mass is 16.2. The van der Waals surface area contributed by atoms with E-state index < -0.39 is 0 Å². The second-order valence-electron chi connectivity index (χ2n) is 3.68. The van der Waals surface area contributed by atoms with Gasteiger partial charge in [-0.1, -0.05) is 24.3 Å². The average molecular weight is 177 g/mol. The predicted molar refractivity (Wildman–Crippen MR) is 52.2 cm³/mol. The van der Waals surface area contributed by atoms with Crippen LogP contribution in [0.25, 0.3) is 0 Å². The highest BCUT2D eigenvalue weighted by molar-refractivity contribution is 5.83. The summed E-state index contributed by atoms with van der Waals surface area (Å²) < 4.78 is 0. The Balaban J connectivity index is 1.95. The van der Waals surface area contributed by atoms with Crippen LogP contribution in [0.1, 0.15) is 19.3 Å². The van der Waals surface area contributed by atoms with Crippen LogP contribution in [0, 0.1) is 5.92 Å². The molecular weight excluding hydrogens is 162 g/mol. The van der Waals surface area contributed by atoms with Gasteiger partial charge in [0.05, 0.1) is 5.92 Å². The number of amides is 1. The van der Waals surface area contributed by atoms with Crippen LogP contribution < -0.4 is 0 Å². The molecule has 2 aliphatic rings. The fourth-order valence-electron chi connectivity index (χ4n) is 1.92. The van der Waals surface area contributed by atoms with E-state index in [9.17, 15) is 4.79 Å². The molecule has 2 nitrogen and oxygen atoms in total. The van der Waals surface area contributed by atoms with Crippen LogP contribution in [0.15, 0.2) is 24.3 Å². The van der Waals surface area contributed by atoms with Crippen LogP contribution in [0.3, 0.4) is 0 Å². The summed E-state index contributed by atoms with van der Waals surface area (Å²) in [4.78, 5) is 13.8. The van der Waals surface area contributed by atoms with E-state index in [1.54, 1.807) is 0 Å². The van der Waals surface area contributed by atoms with Crippen molar-refractivity contribution in [3.63, 3.8) is 0 Å². The van der Waals surface area contributed by atoms with Gasteiger partial charge in [-0.25, -0.2) is 0 Å². The lowest BCUT2D eigenvalue weighted by atomic mass is 10.1. The smallest absolute Gasteiger partial charge is 0.233 e. The molecule has 0 saturated carbocycles. The van der Waals surface area contributed by atoms with Crippen LogP contribution in [0.2, 0.25) is 0 Å². The van der Waals surface area contributed by atoms with Crippen molar-refractivity contribution in [2.24, 2.45) is 5.92 Å². The number of rotatable bonds is 1. The molecule has 0 aromatic rings. The van der Waals surface area contributed by atoms with E-state index in [-0.39, 0.29) is 11.8 Å². The van der Waals surface area contributed by atoms with Gasteiger partial charge in [0.1, 0.15) is 0 Å². The first-order valence-corrected chi connectivity index (χ1v) is 5.02. The SMILES string of the molecule is O=C(C1C=CC=C1)N1CCCCC1. The Hall–Kier alpha value is -1.05. The van der Waals surface area contributed by atoms with Gasteiger partial charge >= 0.3 is 0 Å². The maximum absolute atomic E-state index is 11.8. The van der Waals surface area contributed by atoms with Gasteiger partial charge in [0.2, 0.25) is 5.91 Å². The molecule has 2 rings (SSSR count). The minimum atomic E-state index is 0.0260. The number of likely N-dealkylation sites (tertiary alicyclic amines) is 1. The standard InChI is InChI=1S/C11H15NO/c13-11(10-6-2-3-7-10)12-8-4-1-5-9-12/h2-3,6-7,10H,1,4-5,8-9H2. The topological polar surface area (TPSA) is 20.3 Å². The second kappa shape index (κ2) is 3.77. The first-order valence-electron chi connectivity index (χ1n) is 5.02. The van der Waals surface area contributed by atoms with Crippen molar-refractivity contribution in [1.29, 1.82) is 0 Å². The van der Waals surface area contributed by atoms with E-state index in [4.69, 9.17) is 0 Å². The monoisotopic (exact) mass is 177 g/mol. The van der Waals surface area contributed by atoms with Crippen LogP contribution in [0.4, 0.5) is 0 Å². The van der Waals surface area contributed by atoms with Crippen molar-refractivity contribution in [2.45, 2.75) is 19.3 Å². The third-order valence-electron chi connectivity index (χ3n) is 2.70. The summed E-state index contributed by atoms with van der Waals surface area (Å²) in [6, 6.07) is 0. The summed E-state index contributed by atoms with van der Waals surface area (Å²) in [5.74, 6) is 0.308. The van der Waals surface area contributed by atoms with E-state index in [1.807, 2.05) is 29.2 Å². The summed E-state index contributed by atoms with van der Waals surface area (Å²) >= 11 is 0. The van der Waals surface area contributed by atoms with Gasteiger partial charge < -0.3 is 4.90 Å². The molecule has 1 aliphatic carbocycles. The minimum absolute atomic E-state index is 0.0260. The van der Waals surface area contributed by atoms with E-state index in [1.165, 1.54) is 19.3 Å². The van der Waals surface area contributed by atoms with E-state index in [0.29, 0.717) is 0 Å². The molecule has 0 aromatic carbocycles. The van der Waals surface area contributed by atoms with Gasteiger partial charge in [-0.15, -0.1) is 0 Å². The molecule has 1 saturated heterocycles. The Morgan fingerprint density at radius 2 is 1.69 bits per heavy atom. The molecule has 0 radical (unpaired) electrons. The molecule has 2 heteroatoms. The molecule has 1 fully saturated rings. The first-order chi connectivity index (χ1) is 6.38. The number of carbonyl (C=O) groups is 1. The molecule has 0 unspecified atom stereocenters. The van der Waals surface area contributed by atoms with Gasteiger partial charge in [0.25, 0.3) is 0 Å². The molecule has 0 atom stereocenters. The number of carbonyl (C=O) groups excluding carboxylic acids is 1. The molecule has 0 aromatic heterocycles. The second-order valence-corrected chi connectivity index (χ2v) is 3.68. The van der Waals surface area contributed by atoms with Crippen molar-refractivity contribution in [1.82, 2.24) is 4.90 Å². The zero-order valence-electron chi connectivity index (χ0n) is 7.78. The fraction of sp³-hybridized carbons (Fsp3) is 0.545. The third kappa shape index (κ3) is 1.82. The molecule has 1 aliphatic heterocycles. The number of piperidine rings is 1. The van der Waals surface area contributed by atoms with Crippen molar-refractivity contribution in [3.8, 4) is 0 Å². The van der Waals surface area contributed by atoms with Crippen LogP contribution in [-0.4, -0.2) is 23.9 Å². The third-order valence-corrected chi connectivity index (χ3v) is 2.70. The molecule has 1 amide bonds. The average Bonchev–Trinajstić information content (AvgIpc) is 2.71. The molecule has 0 spiro atoms. The highest BCUT2D eigenvalue weighted by Crippen LogP contribution is 2.16. The summed E-state index contributed by atoms with van der Waals surface area (Å²) in [6.07, 6.45) is 11.5. The highest BCUT2D eigenvalue weighted by Gasteiger charge is 2.22. The van der Waals surface area contributed by atoms with Crippen molar-refractivity contribution in [3.05, 3.63) is 24.3 Å². The number of nitrogens with zero attached hydrogens (tertiary/aromatic N) is 1. The minimum Gasteiger partial charge on any atom is -0.342 e. The summed E-state index contributed by atoms with van der Waals surface area (Å²) in [6.45, 7) is 1.91. The van der Waals surface area contributed by atoms with Crippen LogP contribution in [0.5, 0.6) is 0 Å². The number of hydrogen-bond donors (Lipinski definition) is 0. The maximum atomic E-state index is 11.8. The molecule has 70 valence electrons. The zero-order chi connectivity index (χ0) is 9.10. The summed E-state index contributed by atoms with van der Waals surface area (Å²) in [5, 5.41) is 0. The summed E-state index contributed by atoms with van der Waals surface area (Å²) in [5.41, 5.74) is 0. The Bertz CT molecular complexity index is 237. The Morgan fingerprint density at radius 3 is 2.31 bits per heavy atom. The zero-order valence-corrected chi connectivity index (χ0v) is 7.78. The van der Waals surface area contributed by atoms with Gasteiger partial charge in [0, 0.05) is 13.1 Å². The molecular formula is C11H15NO. The molecule has 13 heavy (non-hydrogen) atoms. The van der Waals surface area contributed by atoms with E-state index in [2.05, 4.69) is 0 Å². The normalized spacial score (nSPS) is 22.6. The largest absolute Gasteiger partial charge is 0.342 e. The number of allylic oxidation sites excluding steroid dienone is 2. The summed E-state index contributed by atoms with van der Waals surface area (Å²) in [7, 11) is 0. The van der Waals surface area contributed by atoms with Gasteiger partial charge in [-0.2, -0.15) is 0 Å². The first kappa shape index (κ1) is 8.54. The number of hydrogen-bond acceptors (Lipinski definition) is 1. The quantitative estimate of drug-likeness (QED) is 0.597. The van der Waals surface area contributed by atoms with Crippen molar-refractivity contribution in [2.75, 3.05) is 13.1 Å². The Kier molecular flexibility index (Phi) is 2.48. The molecule has 1 heterocycles. The fourth-order valence-corrected chi connectivity index (χ4v) is 1.92. The Labute approximate surface area is 78.9 Å². The Morgan fingerprint density at radius 1 is 1.08 bits per heavy atom. The van der Waals surface area contributed by atoms with Gasteiger partial charge in [-0.05, 0) is 19.3 Å². The van der Waals surface area contributed by atoms with Crippen LogP contribution >= 0.6 is 0 Å². The van der Waals surface area contributed by atoms with Crippen molar-refractivity contribution < 1.29 is 4.79 Å². The maximum Gasteiger partial charge on any atom is 0.233 e. The van der Waals surface area contributed by atoms with Gasteiger partial charge in [-0.3, -0.25) is 4.79 Å². The molecule has 0 bridgehead atoms. The lowest BCUT2D eigenvalue weighted by Gasteiger charge is -2.28.